The number of carbonyl (C=O) groups is 3. The Bertz CT molecular complexity index is 810. The Morgan fingerprint density at radius 2 is 1.80 bits per heavy atom. The molecule has 4 fully saturated rings. The van der Waals surface area contributed by atoms with Crippen LogP contribution >= 0.6 is 0 Å². The van der Waals surface area contributed by atoms with Gasteiger partial charge in [0.05, 0.1) is 12.0 Å². The van der Waals surface area contributed by atoms with E-state index in [0.29, 0.717) is 30.4 Å². The highest BCUT2D eigenvalue weighted by Crippen LogP contribution is 2.62. The number of hydrogen-bond donors (Lipinski definition) is 3. The van der Waals surface area contributed by atoms with Crippen molar-refractivity contribution >= 4 is 17.9 Å². The first-order valence-electron chi connectivity index (χ1n) is 10.9. The number of amides is 3. The molecule has 7 heteroatoms. The summed E-state index contributed by atoms with van der Waals surface area (Å²) in [7, 11) is 0. The van der Waals surface area contributed by atoms with E-state index in [-0.39, 0.29) is 11.8 Å². The van der Waals surface area contributed by atoms with Crippen LogP contribution in [0.3, 0.4) is 0 Å². The zero-order valence-corrected chi connectivity index (χ0v) is 17.4. The molecule has 0 aliphatic heterocycles. The minimum Gasteiger partial charge on any atom is -0.447 e. The Morgan fingerprint density at radius 3 is 2.40 bits per heavy atom. The zero-order chi connectivity index (χ0) is 21.4. The van der Waals surface area contributed by atoms with Gasteiger partial charge in [-0.25, -0.2) is 4.79 Å². The van der Waals surface area contributed by atoms with Crippen LogP contribution in [-0.4, -0.2) is 35.2 Å². The molecule has 3 N–H and O–H groups in total. The van der Waals surface area contributed by atoms with Gasteiger partial charge in [-0.1, -0.05) is 30.3 Å². The third-order valence-corrected chi connectivity index (χ3v) is 6.83. The number of nitrogens with one attached hydrogen (secondary N) is 2. The highest BCUT2D eigenvalue weighted by molar-refractivity contribution is 5.97. The Morgan fingerprint density at radius 1 is 1.13 bits per heavy atom. The van der Waals surface area contributed by atoms with Crippen LogP contribution < -0.4 is 10.6 Å². The van der Waals surface area contributed by atoms with Crippen LogP contribution in [0.5, 0.6) is 0 Å². The molecule has 4 aliphatic rings. The highest BCUT2D eigenvalue weighted by atomic mass is 16.5. The molecule has 1 aromatic rings. The summed E-state index contributed by atoms with van der Waals surface area (Å²) in [6.07, 6.45) is 4.30. The second kappa shape index (κ2) is 8.02. The van der Waals surface area contributed by atoms with Gasteiger partial charge in [0.25, 0.3) is 5.91 Å². The third-order valence-electron chi connectivity index (χ3n) is 6.83. The van der Waals surface area contributed by atoms with Crippen molar-refractivity contribution in [2.24, 2.45) is 17.3 Å². The predicted molar refractivity (Wildman–Crippen MR) is 109 cm³/mol. The number of imide groups is 1. The summed E-state index contributed by atoms with van der Waals surface area (Å²) in [5.41, 5.74) is -0.386. The third kappa shape index (κ3) is 4.36. The largest absolute Gasteiger partial charge is 0.447 e. The van der Waals surface area contributed by atoms with Gasteiger partial charge in [-0.3, -0.25) is 14.9 Å². The highest BCUT2D eigenvalue weighted by Gasteiger charge is 2.57. The molecule has 0 aromatic heterocycles. The van der Waals surface area contributed by atoms with Gasteiger partial charge >= 0.3 is 12.0 Å². The van der Waals surface area contributed by atoms with Gasteiger partial charge in [0, 0.05) is 12.1 Å². The van der Waals surface area contributed by atoms with E-state index in [2.05, 4.69) is 10.6 Å². The van der Waals surface area contributed by atoms with E-state index >= 15 is 0 Å². The van der Waals surface area contributed by atoms with E-state index in [0.717, 1.165) is 32.1 Å². The summed E-state index contributed by atoms with van der Waals surface area (Å²) < 4.78 is 5.64. The quantitative estimate of drug-likeness (QED) is 0.621. The van der Waals surface area contributed by atoms with Crippen LogP contribution in [0.1, 0.15) is 63.5 Å². The fourth-order valence-corrected chi connectivity index (χ4v) is 6.37. The zero-order valence-electron chi connectivity index (χ0n) is 17.4. The Hall–Kier alpha value is -2.41. The van der Waals surface area contributed by atoms with Gasteiger partial charge < -0.3 is 15.2 Å². The number of urea groups is 1. The number of carbonyl (C=O) groups excluding carboxylic acids is 3. The molecule has 3 amide bonds. The standard InChI is InChI=1S/C23H30N2O5/c1-2-24-21(28)25-20(27)19(17-6-4-3-5-7-17)30-18(26)13-22-9-15-8-16(10-22)12-23(29,11-15)14-22/h3-7,15-16,19,29H,2,8-14H2,1H3,(H2,24,25,27,28)/t15-,16+,19-,22?,23?/m1/s1. The van der Waals surface area contributed by atoms with E-state index < -0.39 is 29.6 Å². The van der Waals surface area contributed by atoms with E-state index in [4.69, 9.17) is 4.74 Å². The number of hydrogen-bond acceptors (Lipinski definition) is 5. The normalized spacial score (nSPS) is 32.3. The minimum atomic E-state index is -1.20. The van der Waals surface area contributed by atoms with E-state index in [1.807, 2.05) is 0 Å². The molecular weight excluding hydrogens is 384 g/mol. The summed E-state index contributed by atoms with van der Waals surface area (Å²) in [5.74, 6) is -0.199. The number of aliphatic hydroxyl groups is 1. The van der Waals surface area contributed by atoms with Crippen molar-refractivity contribution in [1.82, 2.24) is 10.6 Å². The fraction of sp³-hybridized carbons (Fsp3) is 0.609. The molecule has 4 aliphatic carbocycles. The summed E-state index contributed by atoms with van der Waals surface area (Å²) in [5, 5.41) is 15.7. The van der Waals surface area contributed by atoms with Crippen LogP contribution in [0.4, 0.5) is 4.79 Å². The lowest BCUT2D eigenvalue weighted by molar-refractivity contribution is -0.180. The molecule has 0 spiro atoms. The molecule has 30 heavy (non-hydrogen) atoms. The SMILES string of the molecule is CCNC(=O)NC(=O)[C@H](OC(=O)CC12C[C@@H]3C[C@@H](CC(O)(C3)C1)C2)c1ccccc1. The van der Waals surface area contributed by atoms with Crippen LogP contribution in [0.2, 0.25) is 0 Å². The van der Waals surface area contributed by atoms with Crippen LogP contribution in [0, 0.1) is 17.3 Å². The molecule has 7 nitrogen and oxygen atoms in total. The Kier molecular flexibility index (Phi) is 5.57. The van der Waals surface area contributed by atoms with Crippen molar-refractivity contribution in [1.29, 1.82) is 0 Å². The topological polar surface area (TPSA) is 105 Å². The molecule has 162 valence electrons. The maximum Gasteiger partial charge on any atom is 0.321 e. The van der Waals surface area contributed by atoms with Crippen LogP contribution in [0.15, 0.2) is 30.3 Å². The first kappa shape index (κ1) is 20.8. The lowest BCUT2D eigenvalue weighted by atomic mass is 9.47. The van der Waals surface area contributed by atoms with Crippen molar-refractivity contribution < 1.29 is 24.2 Å². The van der Waals surface area contributed by atoms with Crippen LogP contribution in [0.25, 0.3) is 0 Å². The number of ether oxygens (including phenoxy) is 1. The molecular formula is C23H30N2O5. The van der Waals surface area contributed by atoms with Gasteiger partial charge in [0.1, 0.15) is 0 Å². The van der Waals surface area contributed by atoms with Gasteiger partial charge in [-0.15, -0.1) is 0 Å². The second-order valence-corrected chi connectivity index (χ2v) is 9.49. The summed E-state index contributed by atoms with van der Waals surface area (Å²) >= 11 is 0. The molecule has 0 heterocycles. The number of benzene rings is 1. The second-order valence-electron chi connectivity index (χ2n) is 9.49. The lowest BCUT2D eigenvalue weighted by Gasteiger charge is -2.60. The Balaban J connectivity index is 1.47. The molecule has 1 aromatic carbocycles. The van der Waals surface area contributed by atoms with Gasteiger partial charge in [0.2, 0.25) is 6.10 Å². The number of esters is 1. The molecule has 2 unspecified atom stereocenters. The molecule has 5 atom stereocenters. The van der Waals surface area contributed by atoms with Crippen molar-refractivity contribution in [2.45, 2.75) is 63.6 Å². The first-order chi connectivity index (χ1) is 14.3. The average molecular weight is 415 g/mol. The van der Waals surface area contributed by atoms with E-state index in [1.165, 1.54) is 0 Å². The van der Waals surface area contributed by atoms with E-state index in [1.54, 1.807) is 37.3 Å². The van der Waals surface area contributed by atoms with Gasteiger partial charge in [0.15, 0.2) is 0 Å². The van der Waals surface area contributed by atoms with E-state index in [9.17, 15) is 19.5 Å². The molecule has 4 saturated carbocycles. The maximum absolute atomic E-state index is 12.9. The minimum absolute atomic E-state index is 0.195. The Labute approximate surface area is 176 Å². The summed E-state index contributed by atoms with van der Waals surface area (Å²) in [6, 6.07) is 8.09. The molecule has 4 bridgehead atoms. The first-order valence-corrected chi connectivity index (χ1v) is 10.9. The van der Waals surface area contributed by atoms with Crippen molar-refractivity contribution in [3.63, 3.8) is 0 Å². The lowest BCUT2D eigenvalue weighted by Crippen LogP contribution is -2.56. The van der Waals surface area contributed by atoms with Crippen LogP contribution in [-0.2, 0) is 14.3 Å². The predicted octanol–water partition coefficient (Wildman–Crippen LogP) is 2.84. The van der Waals surface area contributed by atoms with Crippen molar-refractivity contribution in [3.8, 4) is 0 Å². The number of rotatable bonds is 6. The smallest absolute Gasteiger partial charge is 0.321 e. The van der Waals surface area contributed by atoms with Crippen molar-refractivity contribution in [3.05, 3.63) is 35.9 Å². The average Bonchev–Trinajstić information content (AvgIpc) is 2.64. The maximum atomic E-state index is 12.9. The summed E-state index contributed by atoms with van der Waals surface area (Å²) in [4.78, 5) is 37.4. The molecule has 0 saturated heterocycles. The monoisotopic (exact) mass is 414 g/mol. The molecule has 0 radical (unpaired) electrons. The van der Waals surface area contributed by atoms with Crippen molar-refractivity contribution in [2.75, 3.05) is 6.54 Å². The van der Waals surface area contributed by atoms with Gasteiger partial charge in [-0.2, -0.15) is 0 Å². The van der Waals surface area contributed by atoms with Gasteiger partial charge in [-0.05, 0) is 62.7 Å². The molecule has 5 rings (SSSR count). The fourth-order valence-electron chi connectivity index (χ4n) is 6.37. The summed E-state index contributed by atoms with van der Waals surface area (Å²) in [6.45, 7) is 2.13.